The Morgan fingerprint density at radius 1 is 1.57 bits per heavy atom. The molecule has 1 radical (unpaired) electrons. The summed E-state index contributed by atoms with van der Waals surface area (Å²) < 4.78 is 21.8. The van der Waals surface area contributed by atoms with Crippen LogP contribution in [0.15, 0.2) is 0 Å². The monoisotopic (exact) mass is 218 g/mol. The highest BCUT2D eigenvalue weighted by molar-refractivity contribution is 7.92. The third-order valence-corrected chi connectivity index (χ3v) is 3.47. The van der Waals surface area contributed by atoms with Crippen molar-refractivity contribution >= 4 is 15.7 Å². The quantitative estimate of drug-likeness (QED) is 0.691. The highest BCUT2D eigenvalue weighted by Crippen LogP contribution is 2.19. The minimum atomic E-state index is -3.19. The molecule has 0 saturated carbocycles. The molecule has 1 fully saturated rings. The number of sulfone groups is 1. The van der Waals surface area contributed by atoms with Crippen molar-refractivity contribution < 1.29 is 13.2 Å². The van der Waals surface area contributed by atoms with E-state index in [4.69, 9.17) is 0 Å². The standard InChI is InChI=1S/C9H16NO3S/c1-3-10-5-4-8(6-9(10)11)7-14(2,12)13/h8H,2-7H2,1H3. The molecule has 1 atom stereocenters. The molecule has 1 rings (SSSR count). The van der Waals surface area contributed by atoms with E-state index >= 15 is 0 Å². The minimum absolute atomic E-state index is 0.0344. The van der Waals surface area contributed by atoms with Crippen molar-refractivity contribution in [1.29, 1.82) is 0 Å². The van der Waals surface area contributed by atoms with Crippen LogP contribution in [-0.2, 0) is 14.6 Å². The number of carbonyl (C=O) groups excluding carboxylic acids is 1. The number of nitrogens with zero attached hydrogens (tertiary/aromatic N) is 1. The minimum Gasteiger partial charge on any atom is -0.343 e. The fourth-order valence-electron chi connectivity index (χ4n) is 1.78. The van der Waals surface area contributed by atoms with Gasteiger partial charge in [0.15, 0.2) is 9.84 Å². The number of carbonyl (C=O) groups is 1. The number of piperidine rings is 1. The Morgan fingerprint density at radius 2 is 2.21 bits per heavy atom. The summed E-state index contributed by atoms with van der Waals surface area (Å²) in [5.74, 6) is 0.0660. The number of rotatable bonds is 3. The molecule has 0 aromatic carbocycles. The zero-order valence-electron chi connectivity index (χ0n) is 8.40. The third-order valence-electron chi connectivity index (χ3n) is 2.49. The van der Waals surface area contributed by atoms with Gasteiger partial charge in [0.05, 0.1) is 12.0 Å². The van der Waals surface area contributed by atoms with E-state index in [2.05, 4.69) is 6.26 Å². The SMILES string of the molecule is [CH2]S(=O)(=O)CC1CCN(CC)C(=O)C1. The van der Waals surface area contributed by atoms with E-state index in [0.29, 0.717) is 19.5 Å². The van der Waals surface area contributed by atoms with Crippen LogP contribution in [-0.4, -0.2) is 38.1 Å². The molecular weight excluding hydrogens is 202 g/mol. The lowest BCUT2D eigenvalue weighted by molar-refractivity contribution is -0.134. The number of hydrogen-bond donors (Lipinski definition) is 0. The molecule has 0 aliphatic carbocycles. The first-order valence-corrected chi connectivity index (χ1v) is 6.58. The van der Waals surface area contributed by atoms with E-state index in [-0.39, 0.29) is 17.6 Å². The maximum absolute atomic E-state index is 11.4. The van der Waals surface area contributed by atoms with Crippen LogP contribution in [0, 0.1) is 12.2 Å². The summed E-state index contributed by atoms with van der Waals surface area (Å²) in [6.07, 6.45) is 4.20. The summed E-state index contributed by atoms with van der Waals surface area (Å²) in [4.78, 5) is 13.2. The fourth-order valence-corrected chi connectivity index (χ4v) is 2.78. The van der Waals surface area contributed by atoms with Crippen LogP contribution >= 0.6 is 0 Å². The van der Waals surface area contributed by atoms with Crippen molar-refractivity contribution in [2.24, 2.45) is 5.92 Å². The highest BCUT2D eigenvalue weighted by Gasteiger charge is 2.26. The Balaban J connectivity index is 2.51. The van der Waals surface area contributed by atoms with Gasteiger partial charge in [-0.1, -0.05) is 0 Å². The Bertz CT molecular complexity index is 310. The zero-order chi connectivity index (χ0) is 10.8. The number of likely N-dealkylation sites (tertiary alicyclic amines) is 1. The largest absolute Gasteiger partial charge is 0.343 e. The number of hydrogen-bond acceptors (Lipinski definition) is 3. The summed E-state index contributed by atoms with van der Waals surface area (Å²) in [7, 11) is -3.19. The maximum atomic E-state index is 11.4. The van der Waals surface area contributed by atoms with E-state index in [1.54, 1.807) is 4.90 Å². The molecule has 0 spiro atoms. The molecule has 81 valence electrons. The fraction of sp³-hybridized carbons (Fsp3) is 0.778. The summed E-state index contributed by atoms with van der Waals surface area (Å²) in [6, 6.07) is 0. The molecule has 4 nitrogen and oxygen atoms in total. The number of amides is 1. The average Bonchev–Trinajstić information content (AvgIpc) is 2.01. The van der Waals surface area contributed by atoms with Crippen molar-refractivity contribution in [3.63, 3.8) is 0 Å². The molecule has 0 bridgehead atoms. The Hall–Kier alpha value is -0.580. The lowest BCUT2D eigenvalue weighted by atomic mass is 9.98. The van der Waals surface area contributed by atoms with Crippen molar-refractivity contribution in [1.82, 2.24) is 4.90 Å². The van der Waals surface area contributed by atoms with Gasteiger partial charge >= 0.3 is 0 Å². The summed E-state index contributed by atoms with van der Waals surface area (Å²) in [5.41, 5.74) is 0. The third kappa shape index (κ3) is 3.29. The first kappa shape index (κ1) is 11.5. The molecule has 1 aliphatic heterocycles. The van der Waals surface area contributed by atoms with Gasteiger partial charge in [0.1, 0.15) is 0 Å². The van der Waals surface area contributed by atoms with Crippen molar-refractivity contribution in [2.75, 3.05) is 18.8 Å². The molecule has 14 heavy (non-hydrogen) atoms. The van der Waals surface area contributed by atoms with Gasteiger partial charge in [-0.2, -0.15) is 0 Å². The smallest absolute Gasteiger partial charge is 0.222 e. The lowest BCUT2D eigenvalue weighted by Gasteiger charge is -2.30. The molecule has 1 unspecified atom stereocenters. The Labute approximate surface area is 85.2 Å². The molecule has 0 aromatic rings. The van der Waals surface area contributed by atoms with E-state index in [1.807, 2.05) is 6.92 Å². The van der Waals surface area contributed by atoms with Crippen LogP contribution in [0.2, 0.25) is 0 Å². The summed E-state index contributed by atoms with van der Waals surface area (Å²) in [5, 5.41) is 0. The second-order valence-electron chi connectivity index (χ2n) is 3.74. The topological polar surface area (TPSA) is 54.5 Å². The van der Waals surface area contributed by atoms with Gasteiger partial charge in [-0.05, 0) is 19.3 Å². The van der Waals surface area contributed by atoms with Crippen LogP contribution in [0.5, 0.6) is 0 Å². The molecule has 1 saturated heterocycles. The van der Waals surface area contributed by atoms with Crippen molar-refractivity contribution in [2.45, 2.75) is 19.8 Å². The van der Waals surface area contributed by atoms with Crippen LogP contribution in [0.4, 0.5) is 0 Å². The van der Waals surface area contributed by atoms with Crippen LogP contribution in [0.25, 0.3) is 0 Å². The van der Waals surface area contributed by atoms with Gasteiger partial charge in [-0.3, -0.25) is 4.79 Å². The normalized spacial score (nSPS) is 24.0. The van der Waals surface area contributed by atoms with Crippen LogP contribution in [0.3, 0.4) is 0 Å². The molecule has 0 N–H and O–H groups in total. The first-order chi connectivity index (χ1) is 6.42. The van der Waals surface area contributed by atoms with Gasteiger partial charge in [0, 0.05) is 19.5 Å². The zero-order valence-corrected chi connectivity index (χ0v) is 9.22. The van der Waals surface area contributed by atoms with Crippen LogP contribution in [0.1, 0.15) is 19.8 Å². The highest BCUT2D eigenvalue weighted by atomic mass is 32.2. The van der Waals surface area contributed by atoms with Gasteiger partial charge in [0.2, 0.25) is 5.91 Å². The van der Waals surface area contributed by atoms with Gasteiger partial charge < -0.3 is 4.90 Å². The summed E-state index contributed by atoms with van der Waals surface area (Å²) >= 11 is 0. The molecule has 5 heteroatoms. The second-order valence-corrected chi connectivity index (χ2v) is 5.56. The van der Waals surface area contributed by atoms with Crippen LogP contribution < -0.4 is 0 Å². The second kappa shape index (κ2) is 4.29. The first-order valence-electron chi connectivity index (χ1n) is 4.76. The van der Waals surface area contributed by atoms with Gasteiger partial charge in [-0.15, -0.1) is 0 Å². The van der Waals surface area contributed by atoms with Gasteiger partial charge in [0.25, 0.3) is 0 Å². The average molecular weight is 218 g/mol. The molecule has 0 aromatic heterocycles. The Kier molecular flexibility index (Phi) is 3.53. The Morgan fingerprint density at radius 3 is 2.64 bits per heavy atom. The molecule has 1 heterocycles. The lowest BCUT2D eigenvalue weighted by Crippen LogP contribution is -2.40. The predicted molar refractivity (Wildman–Crippen MR) is 54.1 cm³/mol. The van der Waals surface area contributed by atoms with E-state index < -0.39 is 9.84 Å². The maximum Gasteiger partial charge on any atom is 0.222 e. The van der Waals surface area contributed by atoms with E-state index in [9.17, 15) is 13.2 Å². The van der Waals surface area contributed by atoms with Crippen molar-refractivity contribution in [3.05, 3.63) is 6.26 Å². The molecule has 1 amide bonds. The van der Waals surface area contributed by atoms with E-state index in [1.165, 1.54) is 0 Å². The molecular formula is C9H16NO3S. The van der Waals surface area contributed by atoms with E-state index in [0.717, 1.165) is 6.42 Å². The van der Waals surface area contributed by atoms with Crippen molar-refractivity contribution in [3.8, 4) is 0 Å². The van der Waals surface area contributed by atoms with Gasteiger partial charge in [-0.25, -0.2) is 8.42 Å². The summed E-state index contributed by atoms with van der Waals surface area (Å²) in [6.45, 7) is 3.31. The molecule has 1 aliphatic rings. The predicted octanol–water partition coefficient (Wildman–Crippen LogP) is 0.451.